The molecule has 17 heavy (non-hydrogen) atoms. The summed E-state index contributed by atoms with van der Waals surface area (Å²) in [5.41, 5.74) is 2.85. The molecular weight excluding hydrogens is 216 g/mol. The van der Waals surface area contributed by atoms with Crippen LogP contribution in [-0.2, 0) is 6.54 Å². The molecular formula is C12H12N4O. The molecule has 3 rings (SSSR count). The van der Waals surface area contributed by atoms with Crippen LogP contribution in [0.2, 0.25) is 0 Å². The van der Waals surface area contributed by atoms with Crippen LogP contribution in [0.15, 0.2) is 43.0 Å². The summed E-state index contributed by atoms with van der Waals surface area (Å²) in [6.45, 7) is 0.701. The maximum atomic E-state index is 8.96. The van der Waals surface area contributed by atoms with E-state index in [4.69, 9.17) is 5.11 Å². The number of hydrogen-bond donors (Lipinski definition) is 1. The second-order valence-electron chi connectivity index (χ2n) is 3.79. The molecule has 5 nitrogen and oxygen atoms in total. The van der Waals surface area contributed by atoms with Crippen molar-refractivity contribution >= 4 is 5.65 Å². The molecule has 5 heteroatoms. The van der Waals surface area contributed by atoms with Crippen molar-refractivity contribution in [2.45, 2.75) is 6.54 Å². The Balaban J connectivity index is 2.08. The fraction of sp³-hybridized carbons (Fsp3) is 0.167. The molecule has 1 N–H and O–H groups in total. The lowest BCUT2D eigenvalue weighted by molar-refractivity contribution is 0.278. The monoisotopic (exact) mass is 228 g/mol. The van der Waals surface area contributed by atoms with Crippen molar-refractivity contribution in [1.29, 1.82) is 0 Å². The molecule has 0 aliphatic rings. The molecule has 3 aromatic rings. The SMILES string of the molecule is OCCn1ccn2nc(-c3cccnc3)cc12. The van der Waals surface area contributed by atoms with Crippen molar-refractivity contribution in [3.63, 3.8) is 0 Å². The molecule has 0 unspecified atom stereocenters. The number of pyridine rings is 1. The van der Waals surface area contributed by atoms with Gasteiger partial charge in [0.2, 0.25) is 0 Å². The van der Waals surface area contributed by atoms with Crippen molar-refractivity contribution in [3.05, 3.63) is 43.0 Å². The first kappa shape index (κ1) is 10.0. The number of aliphatic hydroxyl groups is 1. The first-order chi connectivity index (χ1) is 8.38. The summed E-state index contributed by atoms with van der Waals surface area (Å²) in [6, 6.07) is 5.86. The third-order valence-electron chi connectivity index (χ3n) is 2.70. The molecule has 3 aromatic heterocycles. The van der Waals surface area contributed by atoms with Gasteiger partial charge in [-0.1, -0.05) is 0 Å². The molecule has 86 valence electrons. The van der Waals surface area contributed by atoms with Gasteiger partial charge in [0.1, 0.15) is 5.65 Å². The second kappa shape index (κ2) is 4.03. The van der Waals surface area contributed by atoms with Gasteiger partial charge in [-0.2, -0.15) is 5.10 Å². The average Bonchev–Trinajstić information content (AvgIpc) is 2.93. The minimum Gasteiger partial charge on any atom is -0.395 e. The van der Waals surface area contributed by atoms with Crippen LogP contribution in [0.1, 0.15) is 0 Å². The van der Waals surface area contributed by atoms with E-state index >= 15 is 0 Å². The normalized spacial score (nSPS) is 11.1. The Morgan fingerprint density at radius 1 is 1.29 bits per heavy atom. The number of nitrogens with zero attached hydrogens (tertiary/aromatic N) is 4. The number of aliphatic hydroxyl groups excluding tert-OH is 1. The van der Waals surface area contributed by atoms with Crippen LogP contribution in [0, 0.1) is 0 Å². The third-order valence-corrected chi connectivity index (χ3v) is 2.70. The predicted octanol–water partition coefficient (Wildman–Crippen LogP) is 1.19. The van der Waals surface area contributed by atoms with Crippen LogP contribution in [0.3, 0.4) is 0 Å². The van der Waals surface area contributed by atoms with Crippen molar-refractivity contribution in [2.75, 3.05) is 6.61 Å². The van der Waals surface area contributed by atoms with Crippen LogP contribution in [0.25, 0.3) is 16.9 Å². The Morgan fingerprint density at radius 3 is 3.00 bits per heavy atom. The van der Waals surface area contributed by atoms with E-state index in [0.29, 0.717) is 6.54 Å². The lowest BCUT2D eigenvalue weighted by Crippen LogP contribution is -1.99. The van der Waals surface area contributed by atoms with Crippen molar-refractivity contribution < 1.29 is 5.11 Å². The molecule has 0 saturated carbocycles. The van der Waals surface area contributed by atoms with Gasteiger partial charge in [-0.25, -0.2) is 4.52 Å². The van der Waals surface area contributed by atoms with Crippen molar-refractivity contribution in [3.8, 4) is 11.3 Å². The predicted molar refractivity (Wildman–Crippen MR) is 63.5 cm³/mol. The van der Waals surface area contributed by atoms with E-state index in [9.17, 15) is 0 Å². The number of hydrogen-bond acceptors (Lipinski definition) is 3. The minimum atomic E-state index is 0.123. The van der Waals surface area contributed by atoms with Crippen LogP contribution in [0.4, 0.5) is 0 Å². The van der Waals surface area contributed by atoms with Gasteiger partial charge in [-0.3, -0.25) is 4.98 Å². The zero-order chi connectivity index (χ0) is 11.7. The van der Waals surface area contributed by atoms with E-state index in [2.05, 4.69) is 10.1 Å². The molecule has 0 spiro atoms. The van der Waals surface area contributed by atoms with Crippen LogP contribution in [0.5, 0.6) is 0 Å². The fourth-order valence-electron chi connectivity index (χ4n) is 1.88. The Kier molecular flexibility index (Phi) is 2.38. The Bertz CT molecular complexity index is 626. The van der Waals surface area contributed by atoms with Gasteiger partial charge in [-0.15, -0.1) is 0 Å². The molecule has 0 bridgehead atoms. The van der Waals surface area contributed by atoms with E-state index in [1.165, 1.54) is 0 Å². The highest BCUT2D eigenvalue weighted by molar-refractivity contribution is 5.63. The zero-order valence-corrected chi connectivity index (χ0v) is 9.19. The highest BCUT2D eigenvalue weighted by Crippen LogP contribution is 2.18. The lowest BCUT2D eigenvalue weighted by Gasteiger charge is -1.97. The fourth-order valence-corrected chi connectivity index (χ4v) is 1.88. The van der Waals surface area contributed by atoms with E-state index in [0.717, 1.165) is 16.9 Å². The van der Waals surface area contributed by atoms with Gasteiger partial charge in [0, 0.05) is 43.0 Å². The topological polar surface area (TPSA) is 55.4 Å². The summed E-state index contributed by atoms with van der Waals surface area (Å²) < 4.78 is 3.77. The summed E-state index contributed by atoms with van der Waals surface area (Å²) >= 11 is 0. The van der Waals surface area contributed by atoms with E-state index in [1.807, 2.05) is 35.2 Å². The number of aromatic nitrogens is 4. The quantitative estimate of drug-likeness (QED) is 0.732. The molecule has 0 radical (unpaired) electrons. The lowest BCUT2D eigenvalue weighted by atomic mass is 10.2. The zero-order valence-electron chi connectivity index (χ0n) is 9.19. The number of rotatable bonds is 3. The largest absolute Gasteiger partial charge is 0.395 e. The summed E-state index contributed by atoms with van der Waals surface area (Å²) in [5.74, 6) is 0. The van der Waals surface area contributed by atoms with Crippen LogP contribution in [-0.4, -0.2) is 30.9 Å². The van der Waals surface area contributed by atoms with Gasteiger partial charge < -0.3 is 9.67 Å². The van der Waals surface area contributed by atoms with Gasteiger partial charge in [0.15, 0.2) is 0 Å². The molecule has 0 aromatic carbocycles. The molecule has 0 aliphatic carbocycles. The van der Waals surface area contributed by atoms with E-state index < -0.39 is 0 Å². The van der Waals surface area contributed by atoms with Gasteiger partial charge in [0.05, 0.1) is 12.3 Å². The molecule has 0 fully saturated rings. The molecule has 3 heterocycles. The highest BCUT2D eigenvalue weighted by Gasteiger charge is 2.07. The summed E-state index contributed by atoms with van der Waals surface area (Å²) in [5, 5.41) is 13.4. The maximum Gasteiger partial charge on any atom is 0.136 e. The van der Waals surface area contributed by atoms with Crippen LogP contribution >= 0.6 is 0 Å². The Morgan fingerprint density at radius 2 is 2.24 bits per heavy atom. The second-order valence-corrected chi connectivity index (χ2v) is 3.79. The highest BCUT2D eigenvalue weighted by atomic mass is 16.3. The molecule has 0 amide bonds. The number of imidazole rings is 1. The van der Waals surface area contributed by atoms with Crippen molar-refractivity contribution in [2.24, 2.45) is 0 Å². The minimum absolute atomic E-state index is 0.123. The van der Waals surface area contributed by atoms with E-state index in [1.54, 1.807) is 16.9 Å². The summed E-state index contributed by atoms with van der Waals surface area (Å²) in [4.78, 5) is 4.08. The third kappa shape index (κ3) is 1.70. The van der Waals surface area contributed by atoms with Gasteiger partial charge in [-0.05, 0) is 12.1 Å². The Labute approximate surface area is 98.0 Å². The van der Waals surface area contributed by atoms with Crippen LogP contribution < -0.4 is 0 Å². The average molecular weight is 228 g/mol. The Hall–Kier alpha value is -2.14. The van der Waals surface area contributed by atoms with Gasteiger partial charge in [0.25, 0.3) is 0 Å². The molecule has 0 atom stereocenters. The van der Waals surface area contributed by atoms with Gasteiger partial charge >= 0.3 is 0 Å². The molecule has 0 saturated heterocycles. The first-order valence-corrected chi connectivity index (χ1v) is 5.44. The smallest absolute Gasteiger partial charge is 0.136 e. The summed E-state index contributed by atoms with van der Waals surface area (Å²) in [6.07, 6.45) is 7.32. The standard InChI is InChI=1S/C12H12N4O/c17-7-6-15-4-5-16-12(15)8-11(14-16)10-2-1-3-13-9-10/h1-5,8-9,17H,6-7H2. The molecule has 0 aliphatic heterocycles. The van der Waals surface area contributed by atoms with E-state index in [-0.39, 0.29) is 6.61 Å². The number of fused-ring (bicyclic) bond motifs is 1. The maximum absolute atomic E-state index is 8.96. The first-order valence-electron chi connectivity index (χ1n) is 5.44. The summed E-state index contributed by atoms with van der Waals surface area (Å²) in [7, 11) is 0. The van der Waals surface area contributed by atoms with Crippen molar-refractivity contribution in [1.82, 2.24) is 19.2 Å².